The molecule has 1 aliphatic heterocycles. The molecular weight excluding hydrogens is 438 g/mol. The highest BCUT2D eigenvalue weighted by Gasteiger charge is 2.23. The third-order valence-electron chi connectivity index (χ3n) is 5.80. The van der Waals surface area contributed by atoms with Crippen molar-refractivity contribution in [3.8, 4) is 22.6 Å². The van der Waals surface area contributed by atoms with Crippen LogP contribution >= 0.6 is 0 Å². The zero-order valence-corrected chi connectivity index (χ0v) is 18.3. The van der Waals surface area contributed by atoms with Gasteiger partial charge in [0.1, 0.15) is 29.7 Å². The number of hydrogen-bond donors (Lipinski definition) is 0. The molecule has 0 saturated carbocycles. The van der Waals surface area contributed by atoms with E-state index >= 15 is 0 Å². The van der Waals surface area contributed by atoms with Crippen LogP contribution in [0.4, 0.5) is 14.6 Å². The van der Waals surface area contributed by atoms with Crippen LogP contribution in [0.5, 0.6) is 0 Å². The molecule has 0 unspecified atom stereocenters. The molecule has 1 aromatic carbocycles. The van der Waals surface area contributed by atoms with Gasteiger partial charge < -0.3 is 9.80 Å². The first-order chi connectivity index (χ1) is 16.6. The lowest BCUT2D eigenvalue weighted by Gasteiger charge is -2.35. The summed E-state index contributed by atoms with van der Waals surface area (Å²) in [5, 5.41) is 4.58. The van der Waals surface area contributed by atoms with Gasteiger partial charge in [0.15, 0.2) is 0 Å². The summed E-state index contributed by atoms with van der Waals surface area (Å²) in [4.78, 5) is 25.6. The van der Waals surface area contributed by atoms with Crippen LogP contribution in [0.25, 0.3) is 22.6 Å². The Morgan fingerprint density at radius 3 is 2.29 bits per heavy atom. The maximum Gasteiger partial charge on any atom is 0.244 e. The van der Waals surface area contributed by atoms with Crippen LogP contribution < -0.4 is 4.90 Å². The summed E-state index contributed by atoms with van der Waals surface area (Å²) < 4.78 is 28.4. The summed E-state index contributed by atoms with van der Waals surface area (Å²) in [6.07, 6.45) is 2.88. The lowest BCUT2D eigenvalue weighted by atomic mass is 10.1. The molecule has 0 radical (unpaired) electrons. The lowest BCUT2D eigenvalue weighted by Crippen LogP contribution is -2.49. The van der Waals surface area contributed by atoms with E-state index in [1.165, 1.54) is 24.3 Å². The van der Waals surface area contributed by atoms with Crippen molar-refractivity contribution in [2.75, 3.05) is 31.1 Å². The second kappa shape index (κ2) is 9.38. The Morgan fingerprint density at radius 2 is 1.62 bits per heavy atom. The van der Waals surface area contributed by atoms with Crippen LogP contribution in [0, 0.1) is 11.6 Å². The number of carbonyl (C=O) groups excluding carboxylic acids is 1. The van der Waals surface area contributed by atoms with Gasteiger partial charge in [0.05, 0.1) is 17.6 Å². The average Bonchev–Trinajstić information content (AvgIpc) is 3.29. The highest BCUT2D eigenvalue weighted by Crippen LogP contribution is 2.26. The zero-order chi connectivity index (χ0) is 23.5. The van der Waals surface area contributed by atoms with Gasteiger partial charge >= 0.3 is 0 Å². The summed E-state index contributed by atoms with van der Waals surface area (Å²) in [7, 11) is 0. The number of anilines is 1. The zero-order valence-electron chi connectivity index (χ0n) is 18.3. The normalized spacial score (nSPS) is 13.8. The molecule has 0 bridgehead atoms. The quantitative estimate of drug-likeness (QED) is 0.455. The van der Waals surface area contributed by atoms with E-state index in [1.807, 2.05) is 23.1 Å². The van der Waals surface area contributed by atoms with Crippen LogP contribution in [0.15, 0.2) is 73.1 Å². The number of rotatable bonds is 5. The van der Waals surface area contributed by atoms with Crippen molar-refractivity contribution in [1.82, 2.24) is 24.6 Å². The molecule has 172 valence electrons. The molecule has 3 aromatic heterocycles. The highest BCUT2D eigenvalue weighted by molar-refractivity contribution is 5.78. The third-order valence-corrected chi connectivity index (χ3v) is 5.80. The summed E-state index contributed by atoms with van der Waals surface area (Å²) in [5.41, 5.74) is 2.36. The first kappa shape index (κ1) is 21.7. The van der Waals surface area contributed by atoms with Gasteiger partial charge in [-0.25, -0.2) is 13.8 Å². The van der Waals surface area contributed by atoms with Gasteiger partial charge in [-0.1, -0.05) is 6.07 Å². The summed E-state index contributed by atoms with van der Waals surface area (Å²) in [6, 6.07) is 16.4. The van der Waals surface area contributed by atoms with E-state index in [9.17, 15) is 13.6 Å². The van der Waals surface area contributed by atoms with E-state index in [2.05, 4.69) is 20.0 Å². The number of halogens is 2. The Balaban J connectivity index is 1.36. The van der Waals surface area contributed by atoms with Crippen molar-refractivity contribution in [2.24, 2.45) is 0 Å². The maximum absolute atomic E-state index is 13.5. The molecule has 1 amide bonds. The van der Waals surface area contributed by atoms with Crippen LogP contribution in [-0.2, 0) is 11.3 Å². The van der Waals surface area contributed by atoms with Crippen molar-refractivity contribution in [3.05, 3.63) is 84.7 Å². The third kappa shape index (κ3) is 4.63. The molecule has 0 aliphatic carbocycles. The molecule has 4 heterocycles. The lowest BCUT2D eigenvalue weighted by molar-refractivity contribution is -0.132. The molecule has 5 rings (SSSR count). The van der Waals surface area contributed by atoms with Gasteiger partial charge in [-0.2, -0.15) is 5.10 Å². The van der Waals surface area contributed by atoms with Gasteiger partial charge in [-0.05, 0) is 54.6 Å². The molecule has 34 heavy (non-hydrogen) atoms. The van der Waals surface area contributed by atoms with Crippen LogP contribution in [0.1, 0.15) is 0 Å². The number of benzene rings is 1. The van der Waals surface area contributed by atoms with E-state index < -0.39 is 5.82 Å². The molecule has 7 nitrogen and oxygen atoms in total. The topological polar surface area (TPSA) is 67.2 Å². The van der Waals surface area contributed by atoms with Gasteiger partial charge in [0.2, 0.25) is 5.91 Å². The van der Waals surface area contributed by atoms with Crippen molar-refractivity contribution < 1.29 is 13.6 Å². The van der Waals surface area contributed by atoms with Crippen molar-refractivity contribution in [1.29, 1.82) is 0 Å². The number of carbonyl (C=O) groups is 1. The average molecular weight is 460 g/mol. The second-order valence-electron chi connectivity index (χ2n) is 8.00. The van der Waals surface area contributed by atoms with Crippen molar-refractivity contribution >= 4 is 11.7 Å². The second-order valence-corrected chi connectivity index (χ2v) is 8.00. The first-order valence-electron chi connectivity index (χ1n) is 11.0. The minimum Gasteiger partial charge on any atom is -0.353 e. The van der Waals surface area contributed by atoms with Crippen LogP contribution in [0.3, 0.4) is 0 Å². The van der Waals surface area contributed by atoms with E-state index in [4.69, 9.17) is 0 Å². The van der Waals surface area contributed by atoms with Crippen molar-refractivity contribution in [3.63, 3.8) is 0 Å². The standard InChI is InChI=1S/C25H22F2N6O/c26-19-6-4-18(5-7-19)23-15-22(21-9-8-20(27)16-29-21)30-33(23)17-25(34)32-13-11-31(12-14-32)24-3-1-2-10-28-24/h1-10,15-16H,11-14,17H2. The summed E-state index contributed by atoms with van der Waals surface area (Å²) in [6.45, 7) is 2.57. The largest absolute Gasteiger partial charge is 0.353 e. The van der Waals surface area contributed by atoms with Crippen molar-refractivity contribution in [2.45, 2.75) is 6.54 Å². The van der Waals surface area contributed by atoms with E-state index in [1.54, 1.807) is 29.1 Å². The Morgan fingerprint density at radius 1 is 0.853 bits per heavy atom. The van der Waals surface area contributed by atoms with Gasteiger partial charge in [0, 0.05) is 37.9 Å². The molecule has 1 fully saturated rings. The molecule has 1 aliphatic rings. The van der Waals surface area contributed by atoms with E-state index in [0.29, 0.717) is 43.3 Å². The number of pyridine rings is 2. The maximum atomic E-state index is 13.5. The number of hydrogen-bond acceptors (Lipinski definition) is 5. The summed E-state index contributed by atoms with van der Waals surface area (Å²) in [5.74, 6) is 0.0431. The molecule has 0 N–H and O–H groups in total. The fourth-order valence-electron chi connectivity index (χ4n) is 4.00. The minimum atomic E-state index is -0.443. The fourth-order valence-corrected chi connectivity index (χ4v) is 4.00. The minimum absolute atomic E-state index is 0.0253. The predicted molar refractivity (Wildman–Crippen MR) is 124 cm³/mol. The Hall–Kier alpha value is -4.14. The molecule has 0 atom stereocenters. The molecule has 4 aromatic rings. The number of amides is 1. The van der Waals surface area contributed by atoms with E-state index in [0.717, 1.165) is 17.6 Å². The number of aromatic nitrogens is 4. The highest BCUT2D eigenvalue weighted by atomic mass is 19.1. The monoisotopic (exact) mass is 460 g/mol. The Kier molecular flexibility index (Phi) is 5.99. The van der Waals surface area contributed by atoms with Gasteiger partial charge in [-0.3, -0.25) is 14.5 Å². The Labute approximate surface area is 195 Å². The van der Waals surface area contributed by atoms with Gasteiger partial charge in [-0.15, -0.1) is 0 Å². The van der Waals surface area contributed by atoms with Crippen LogP contribution in [0.2, 0.25) is 0 Å². The number of piperazine rings is 1. The van der Waals surface area contributed by atoms with Crippen LogP contribution in [-0.4, -0.2) is 56.7 Å². The molecule has 1 saturated heterocycles. The molecule has 0 spiro atoms. The van der Waals surface area contributed by atoms with Gasteiger partial charge in [0.25, 0.3) is 0 Å². The van der Waals surface area contributed by atoms with E-state index in [-0.39, 0.29) is 18.3 Å². The SMILES string of the molecule is O=C(Cn1nc(-c2ccc(F)cn2)cc1-c1ccc(F)cc1)N1CCN(c2ccccn2)CC1. The smallest absolute Gasteiger partial charge is 0.244 e. The number of nitrogens with zero attached hydrogens (tertiary/aromatic N) is 6. The fraction of sp³-hybridized carbons (Fsp3) is 0.200. The molecule has 9 heteroatoms. The summed E-state index contributed by atoms with van der Waals surface area (Å²) >= 11 is 0. The Bertz CT molecular complexity index is 1270. The molecular formula is C25H22F2N6O. The first-order valence-corrected chi connectivity index (χ1v) is 11.0. The predicted octanol–water partition coefficient (Wildman–Crippen LogP) is 3.63.